The molecule has 0 aliphatic carbocycles. The molecule has 0 bridgehead atoms. The van der Waals surface area contributed by atoms with E-state index in [1.165, 1.54) is 12.7 Å². The normalized spacial score (nSPS) is 21.1. The quantitative estimate of drug-likeness (QED) is 0.829. The number of furan rings is 1. The van der Waals surface area contributed by atoms with Crippen LogP contribution in [0.4, 0.5) is 0 Å². The maximum absolute atomic E-state index is 12.2. The van der Waals surface area contributed by atoms with E-state index in [1.54, 1.807) is 6.07 Å². The summed E-state index contributed by atoms with van der Waals surface area (Å²) in [7, 11) is 0. The van der Waals surface area contributed by atoms with Crippen LogP contribution in [0.1, 0.15) is 42.3 Å². The zero-order valence-corrected chi connectivity index (χ0v) is 9.61. The molecule has 2 heterocycles. The van der Waals surface area contributed by atoms with Gasteiger partial charge in [-0.2, -0.15) is 0 Å². The van der Waals surface area contributed by atoms with Crippen molar-refractivity contribution in [2.24, 2.45) is 5.73 Å². The largest absolute Gasteiger partial charge is 0.467 e. The van der Waals surface area contributed by atoms with Crippen LogP contribution in [-0.4, -0.2) is 23.4 Å². The SMILES string of the molecule is CC1CCCCN1C(=O)c1coc(CN)c1. The summed E-state index contributed by atoms with van der Waals surface area (Å²) in [6, 6.07) is 2.07. The van der Waals surface area contributed by atoms with E-state index in [0.29, 0.717) is 23.9 Å². The lowest BCUT2D eigenvalue weighted by atomic mass is 10.0. The predicted molar refractivity (Wildman–Crippen MR) is 60.9 cm³/mol. The molecule has 88 valence electrons. The van der Waals surface area contributed by atoms with Gasteiger partial charge >= 0.3 is 0 Å². The fourth-order valence-corrected chi connectivity index (χ4v) is 2.17. The van der Waals surface area contributed by atoms with Crippen LogP contribution in [0.5, 0.6) is 0 Å². The van der Waals surface area contributed by atoms with E-state index in [4.69, 9.17) is 10.2 Å². The van der Waals surface area contributed by atoms with Gasteiger partial charge in [0.2, 0.25) is 0 Å². The number of carbonyl (C=O) groups is 1. The van der Waals surface area contributed by atoms with Gasteiger partial charge in [0.05, 0.1) is 12.1 Å². The Labute approximate surface area is 95.4 Å². The number of hydrogen-bond acceptors (Lipinski definition) is 3. The predicted octanol–water partition coefficient (Wildman–Crippen LogP) is 1.75. The van der Waals surface area contributed by atoms with Gasteiger partial charge in [-0.05, 0) is 32.3 Å². The molecule has 0 saturated carbocycles. The second-order valence-electron chi connectivity index (χ2n) is 4.35. The van der Waals surface area contributed by atoms with Crippen LogP contribution >= 0.6 is 0 Å². The van der Waals surface area contributed by atoms with E-state index < -0.39 is 0 Å². The molecule has 0 radical (unpaired) electrons. The van der Waals surface area contributed by atoms with Gasteiger partial charge in [0.1, 0.15) is 12.0 Å². The van der Waals surface area contributed by atoms with E-state index in [0.717, 1.165) is 19.4 Å². The van der Waals surface area contributed by atoms with Crippen LogP contribution in [0.25, 0.3) is 0 Å². The Bertz CT molecular complexity index is 373. The molecule has 1 aromatic rings. The smallest absolute Gasteiger partial charge is 0.257 e. The summed E-state index contributed by atoms with van der Waals surface area (Å²) in [5.74, 6) is 0.726. The lowest BCUT2D eigenvalue weighted by molar-refractivity contribution is 0.0635. The van der Waals surface area contributed by atoms with Crippen LogP contribution < -0.4 is 5.73 Å². The minimum absolute atomic E-state index is 0.0654. The van der Waals surface area contributed by atoms with Crippen LogP contribution in [0.15, 0.2) is 16.7 Å². The summed E-state index contributed by atoms with van der Waals surface area (Å²) in [6.45, 7) is 3.28. The van der Waals surface area contributed by atoms with Crippen LogP contribution in [-0.2, 0) is 6.54 Å². The van der Waals surface area contributed by atoms with Crippen molar-refractivity contribution in [3.63, 3.8) is 0 Å². The second-order valence-corrected chi connectivity index (χ2v) is 4.35. The summed E-state index contributed by atoms with van der Waals surface area (Å²) in [5.41, 5.74) is 6.07. The monoisotopic (exact) mass is 222 g/mol. The molecular weight excluding hydrogens is 204 g/mol. The summed E-state index contributed by atoms with van der Waals surface area (Å²) in [6.07, 6.45) is 4.90. The first kappa shape index (κ1) is 11.2. The average Bonchev–Trinajstić information content (AvgIpc) is 2.77. The molecule has 1 amide bonds. The van der Waals surface area contributed by atoms with Crippen LogP contribution in [0.2, 0.25) is 0 Å². The Morgan fingerprint density at radius 2 is 2.44 bits per heavy atom. The fraction of sp³-hybridized carbons (Fsp3) is 0.583. The molecule has 4 heteroatoms. The Hall–Kier alpha value is -1.29. The highest BCUT2D eigenvalue weighted by Gasteiger charge is 2.25. The minimum Gasteiger partial charge on any atom is -0.467 e. The Balaban J connectivity index is 2.11. The molecule has 16 heavy (non-hydrogen) atoms. The number of amides is 1. The second kappa shape index (κ2) is 4.70. The third-order valence-electron chi connectivity index (χ3n) is 3.17. The Morgan fingerprint density at radius 1 is 1.62 bits per heavy atom. The van der Waals surface area contributed by atoms with Gasteiger partial charge in [0.15, 0.2) is 0 Å². The number of piperidine rings is 1. The Morgan fingerprint density at radius 3 is 3.06 bits per heavy atom. The molecule has 0 spiro atoms. The first-order chi connectivity index (χ1) is 7.72. The van der Waals surface area contributed by atoms with E-state index in [9.17, 15) is 4.79 Å². The zero-order chi connectivity index (χ0) is 11.5. The number of hydrogen-bond donors (Lipinski definition) is 1. The molecule has 0 aromatic carbocycles. The molecule has 1 aliphatic heterocycles. The van der Waals surface area contributed by atoms with Crippen molar-refractivity contribution in [2.45, 2.75) is 38.8 Å². The van der Waals surface area contributed by atoms with Crippen molar-refractivity contribution in [3.8, 4) is 0 Å². The number of likely N-dealkylation sites (tertiary alicyclic amines) is 1. The highest BCUT2D eigenvalue weighted by molar-refractivity contribution is 5.94. The van der Waals surface area contributed by atoms with Gasteiger partial charge in [-0.25, -0.2) is 0 Å². The molecule has 1 fully saturated rings. The van der Waals surface area contributed by atoms with Crippen molar-refractivity contribution >= 4 is 5.91 Å². The number of nitrogens with zero attached hydrogens (tertiary/aromatic N) is 1. The lowest BCUT2D eigenvalue weighted by Gasteiger charge is -2.33. The standard InChI is InChI=1S/C12H18N2O2/c1-9-4-2-3-5-14(9)12(15)10-6-11(7-13)16-8-10/h6,8-9H,2-5,7,13H2,1H3. The summed E-state index contributed by atoms with van der Waals surface area (Å²) < 4.78 is 5.19. The van der Waals surface area contributed by atoms with Gasteiger partial charge < -0.3 is 15.1 Å². The number of rotatable bonds is 2. The molecule has 1 aromatic heterocycles. The number of nitrogens with two attached hydrogens (primary N) is 1. The van der Waals surface area contributed by atoms with Gasteiger partial charge in [0.25, 0.3) is 5.91 Å². The third-order valence-corrected chi connectivity index (χ3v) is 3.17. The van der Waals surface area contributed by atoms with Crippen molar-refractivity contribution in [2.75, 3.05) is 6.54 Å². The molecule has 1 atom stereocenters. The first-order valence-corrected chi connectivity index (χ1v) is 5.81. The molecule has 2 N–H and O–H groups in total. The van der Waals surface area contributed by atoms with Crippen LogP contribution in [0, 0.1) is 0 Å². The van der Waals surface area contributed by atoms with Crippen molar-refractivity contribution in [3.05, 3.63) is 23.7 Å². The topological polar surface area (TPSA) is 59.5 Å². The highest BCUT2D eigenvalue weighted by atomic mass is 16.3. The minimum atomic E-state index is 0.0654. The fourth-order valence-electron chi connectivity index (χ4n) is 2.17. The highest BCUT2D eigenvalue weighted by Crippen LogP contribution is 2.20. The first-order valence-electron chi connectivity index (χ1n) is 5.81. The van der Waals surface area contributed by atoms with Crippen molar-refractivity contribution in [1.82, 2.24) is 4.90 Å². The maximum atomic E-state index is 12.2. The summed E-state index contributed by atoms with van der Waals surface area (Å²) in [4.78, 5) is 14.1. The average molecular weight is 222 g/mol. The maximum Gasteiger partial charge on any atom is 0.257 e. The van der Waals surface area contributed by atoms with Gasteiger partial charge in [-0.1, -0.05) is 0 Å². The molecule has 2 rings (SSSR count). The molecule has 1 saturated heterocycles. The van der Waals surface area contributed by atoms with E-state index in [1.807, 2.05) is 4.90 Å². The van der Waals surface area contributed by atoms with Gasteiger partial charge in [-0.15, -0.1) is 0 Å². The molecule has 1 aliphatic rings. The number of carbonyl (C=O) groups excluding carboxylic acids is 1. The van der Waals surface area contributed by atoms with E-state index >= 15 is 0 Å². The zero-order valence-electron chi connectivity index (χ0n) is 9.61. The van der Waals surface area contributed by atoms with Gasteiger partial charge in [-0.3, -0.25) is 4.79 Å². The van der Waals surface area contributed by atoms with Crippen molar-refractivity contribution in [1.29, 1.82) is 0 Å². The van der Waals surface area contributed by atoms with E-state index in [2.05, 4.69) is 6.92 Å². The lowest BCUT2D eigenvalue weighted by Crippen LogP contribution is -2.41. The van der Waals surface area contributed by atoms with E-state index in [-0.39, 0.29) is 5.91 Å². The molecular formula is C12H18N2O2. The third kappa shape index (κ3) is 2.11. The molecule has 1 unspecified atom stereocenters. The van der Waals surface area contributed by atoms with Crippen molar-refractivity contribution < 1.29 is 9.21 Å². The summed E-state index contributed by atoms with van der Waals surface area (Å²) in [5, 5.41) is 0. The van der Waals surface area contributed by atoms with Gasteiger partial charge in [0, 0.05) is 12.6 Å². The van der Waals surface area contributed by atoms with Crippen LogP contribution in [0.3, 0.4) is 0 Å². The summed E-state index contributed by atoms with van der Waals surface area (Å²) >= 11 is 0. The Kier molecular flexibility index (Phi) is 3.29. The molecule has 4 nitrogen and oxygen atoms in total.